The molecule has 116 valence electrons. The quantitative estimate of drug-likeness (QED) is 0.834. The zero-order chi connectivity index (χ0) is 14.5. The highest BCUT2D eigenvalue weighted by molar-refractivity contribution is 5.09. The highest BCUT2D eigenvalue weighted by Gasteiger charge is 2.35. The van der Waals surface area contributed by atoms with Gasteiger partial charge in [0.25, 0.3) is 0 Å². The molecule has 2 heterocycles. The van der Waals surface area contributed by atoms with Crippen LogP contribution in [0.3, 0.4) is 0 Å². The molecule has 0 spiro atoms. The fraction of sp³-hybridized carbons (Fsp3) is 0.706. The maximum atomic E-state index is 5.81. The maximum absolute atomic E-state index is 5.81. The lowest BCUT2D eigenvalue weighted by Gasteiger charge is -2.40. The second-order valence-corrected chi connectivity index (χ2v) is 6.84. The van der Waals surface area contributed by atoms with E-state index < -0.39 is 0 Å². The van der Waals surface area contributed by atoms with Crippen molar-refractivity contribution in [1.82, 2.24) is 15.2 Å². The zero-order valence-corrected chi connectivity index (χ0v) is 13.1. The number of nitrogens with one attached hydrogen (secondary N) is 1. The van der Waals surface area contributed by atoms with Crippen molar-refractivity contribution in [2.45, 2.75) is 38.3 Å². The summed E-state index contributed by atoms with van der Waals surface area (Å²) in [6.45, 7) is 4.99. The summed E-state index contributed by atoms with van der Waals surface area (Å²) in [5, 5.41) is 3.72. The fourth-order valence-electron chi connectivity index (χ4n) is 3.31. The van der Waals surface area contributed by atoms with Gasteiger partial charge in [-0.25, -0.2) is 0 Å². The van der Waals surface area contributed by atoms with Gasteiger partial charge in [0.1, 0.15) is 0 Å². The topological polar surface area (TPSA) is 37.4 Å². The molecule has 1 aliphatic heterocycles. The lowest BCUT2D eigenvalue weighted by atomic mass is 9.81. The summed E-state index contributed by atoms with van der Waals surface area (Å²) in [5.41, 5.74) is 1.61. The van der Waals surface area contributed by atoms with Crippen molar-refractivity contribution in [1.29, 1.82) is 0 Å². The van der Waals surface area contributed by atoms with Crippen molar-refractivity contribution >= 4 is 0 Å². The Balaban J connectivity index is 1.57. The summed E-state index contributed by atoms with van der Waals surface area (Å²) < 4.78 is 5.81. The SMILES string of the molecule is CN(Cc1ccncc1)CC1(CNC2CC2)CCCOC1. The normalized spacial score (nSPS) is 26.2. The predicted molar refractivity (Wildman–Crippen MR) is 84.1 cm³/mol. The first-order valence-corrected chi connectivity index (χ1v) is 8.14. The van der Waals surface area contributed by atoms with E-state index in [4.69, 9.17) is 4.74 Å². The van der Waals surface area contributed by atoms with Crippen molar-refractivity contribution in [3.8, 4) is 0 Å². The number of nitrogens with zero attached hydrogens (tertiary/aromatic N) is 2. The van der Waals surface area contributed by atoms with E-state index >= 15 is 0 Å². The van der Waals surface area contributed by atoms with Crippen molar-refractivity contribution in [3.63, 3.8) is 0 Å². The van der Waals surface area contributed by atoms with Gasteiger partial charge in [0.05, 0.1) is 6.61 Å². The van der Waals surface area contributed by atoms with Crippen LogP contribution >= 0.6 is 0 Å². The average Bonchev–Trinajstić information content (AvgIpc) is 3.31. The smallest absolute Gasteiger partial charge is 0.0546 e. The van der Waals surface area contributed by atoms with Crippen LogP contribution < -0.4 is 5.32 Å². The third-order valence-electron chi connectivity index (χ3n) is 4.55. The highest BCUT2D eigenvalue weighted by Crippen LogP contribution is 2.31. The second kappa shape index (κ2) is 6.86. The molecule has 21 heavy (non-hydrogen) atoms. The van der Waals surface area contributed by atoms with Crippen molar-refractivity contribution < 1.29 is 4.74 Å². The predicted octanol–water partition coefficient (Wildman–Crippen LogP) is 2.06. The maximum Gasteiger partial charge on any atom is 0.0546 e. The van der Waals surface area contributed by atoms with E-state index in [0.29, 0.717) is 0 Å². The van der Waals surface area contributed by atoms with Gasteiger partial charge in [0.2, 0.25) is 0 Å². The van der Waals surface area contributed by atoms with Gasteiger partial charge in [-0.1, -0.05) is 0 Å². The number of pyridine rings is 1. The van der Waals surface area contributed by atoms with Crippen LogP contribution in [0.25, 0.3) is 0 Å². The van der Waals surface area contributed by atoms with Gasteiger partial charge in [0.15, 0.2) is 0 Å². The molecule has 1 N–H and O–H groups in total. The number of aromatic nitrogens is 1. The van der Waals surface area contributed by atoms with Crippen molar-refractivity contribution in [2.75, 3.05) is 33.4 Å². The van der Waals surface area contributed by atoms with Crippen LogP contribution in [-0.2, 0) is 11.3 Å². The van der Waals surface area contributed by atoms with Gasteiger partial charge in [-0.05, 0) is 50.4 Å². The lowest BCUT2D eigenvalue weighted by molar-refractivity contribution is -0.0239. The Morgan fingerprint density at radius 3 is 2.86 bits per heavy atom. The molecule has 1 saturated carbocycles. The first-order valence-electron chi connectivity index (χ1n) is 8.14. The first kappa shape index (κ1) is 14.9. The zero-order valence-electron chi connectivity index (χ0n) is 13.1. The molecule has 1 aromatic heterocycles. The summed E-state index contributed by atoms with van der Waals surface area (Å²) >= 11 is 0. The molecule has 1 aromatic rings. The summed E-state index contributed by atoms with van der Waals surface area (Å²) in [6.07, 6.45) is 8.91. The van der Waals surface area contributed by atoms with Crippen LogP contribution in [-0.4, -0.2) is 49.3 Å². The molecule has 0 bridgehead atoms. The Kier molecular flexibility index (Phi) is 4.88. The van der Waals surface area contributed by atoms with Gasteiger partial charge >= 0.3 is 0 Å². The van der Waals surface area contributed by atoms with Crippen molar-refractivity contribution in [2.24, 2.45) is 5.41 Å². The van der Waals surface area contributed by atoms with Gasteiger partial charge in [0, 0.05) is 50.1 Å². The minimum Gasteiger partial charge on any atom is -0.381 e. The van der Waals surface area contributed by atoms with Crippen LogP contribution in [0.2, 0.25) is 0 Å². The van der Waals surface area contributed by atoms with Crippen molar-refractivity contribution in [3.05, 3.63) is 30.1 Å². The summed E-state index contributed by atoms with van der Waals surface area (Å²) in [4.78, 5) is 6.52. The van der Waals surface area contributed by atoms with Crippen LogP contribution in [0.15, 0.2) is 24.5 Å². The van der Waals surface area contributed by atoms with E-state index in [1.807, 2.05) is 12.4 Å². The van der Waals surface area contributed by atoms with Crippen LogP contribution in [0.4, 0.5) is 0 Å². The molecule has 0 radical (unpaired) electrons. The third-order valence-corrected chi connectivity index (χ3v) is 4.55. The molecule has 1 saturated heterocycles. The van der Waals surface area contributed by atoms with E-state index in [-0.39, 0.29) is 5.41 Å². The minimum absolute atomic E-state index is 0.280. The molecular weight excluding hydrogens is 262 g/mol. The summed E-state index contributed by atoms with van der Waals surface area (Å²) in [6, 6.07) is 4.97. The summed E-state index contributed by atoms with van der Waals surface area (Å²) in [7, 11) is 2.22. The van der Waals surface area contributed by atoms with Gasteiger partial charge in [-0.2, -0.15) is 0 Å². The Labute approximate surface area is 127 Å². The molecule has 2 aliphatic rings. The molecule has 1 aliphatic carbocycles. The van der Waals surface area contributed by atoms with E-state index in [1.165, 1.54) is 31.2 Å². The third kappa shape index (κ3) is 4.50. The molecule has 0 aromatic carbocycles. The van der Waals surface area contributed by atoms with E-state index in [9.17, 15) is 0 Å². The molecular formula is C17H27N3O. The molecule has 0 amide bonds. The minimum atomic E-state index is 0.280. The highest BCUT2D eigenvalue weighted by atomic mass is 16.5. The average molecular weight is 289 g/mol. The van der Waals surface area contributed by atoms with Gasteiger partial charge in [-0.3, -0.25) is 4.98 Å². The molecule has 1 atom stereocenters. The number of rotatable bonds is 7. The van der Waals surface area contributed by atoms with Crippen LogP contribution in [0, 0.1) is 5.41 Å². The Bertz CT molecular complexity index is 427. The first-order chi connectivity index (χ1) is 10.3. The Hall–Kier alpha value is -0.970. The Morgan fingerprint density at radius 2 is 2.19 bits per heavy atom. The van der Waals surface area contributed by atoms with Crippen LogP contribution in [0.1, 0.15) is 31.2 Å². The Morgan fingerprint density at radius 1 is 1.38 bits per heavy atom. The van der Waals surface area contributed by atoms with Crippen LogP contribution in [0.5, 0.6) is 0 Å². The number of ether oxygens (including phenoxy) is 1. The number of hydrogen-bond donors (Lipinski definition) is 1. The van der Waals surface area contributed by atoms with Gasteiger partial charge in [-0.15, -0.1) is 0 Å². The molecule has 4 heteroatoms. The standard InChI is InChI=1S/C17H27N3O/c1-20(11-15-5-8-18-9-6-15)13-17(7-2-10-21-14-17)12-19-16-3-4-16/h5-6,8-9,16,19H,2-4,7,10-14H2,1H3. The van der Waals surface area contributed by atoms with E-state index in [1.54, 1.807) is 0 Å². The molecule has 3 rings (SSSR count). The number of hydrogen-bond acceptors (Lipinski definition) is 4. The lowest BCUT2D eigenvalue weighted by Crippen LogP contribution is -2.48. The monoisotopic (exact) mass is 289 g/mol. The van der Waals surface area contributed by atoms with E-state index in [0.717, 1.165) is 38.9 Å². The second-order valence-electron chi connectivity index (χ2n) is 6.84. The fourth-order valence-corrected chi connectivity index (χ4v) is 3.31. The molecule has 4 nitrogen and oxygen atoms in total. The largest absolute Gasteiger partial charge is 0.381 e. The van der Waals surface area contributed by atoms with Gasteiger partial charge < -0.3 is 15.0 Å². The summed E-state index contributed by atoms with van der Waals surface area (Å²) in [5.74, 6) is 0. The molecule has 2 fully saturated rings. The van der Waals surface area contributed by atoms with E-state index in [2.05, 4.69) is 34.4 Å². The molecule has 1 unspecified atom stereocenters.